The third-order valence-electron chi connectivity index (χ3n) is 7.34. The van der Waals surface area contributed by atoms with Crippen molar-refractivity contribution < 1.29 is 27.2 Å². The lowest BCUT2D eigenvalue weighted by molar-refractivity contribution is -0.133. The first-order valence-electron chi connectivity index (χ1n) is 12.9. The molecule has 0 spiro atoms. The molecule has 0 aliphatic carbocycles. The molecule has 9 nitrogen and oxygen atoms in total. The summed E-state index contributed by atoms with van der Waals surface area (Å²) in [4.78, 5) is 32.7. The van der Waals surface area contributed by atoms with Crippen molar-refractivity contribution in [2.45, 2.75) is 24.7 Å². The Morgan fingerprint density at radius 2 is 1.85 bits per heavy atom. The summed E-state index contributed by atoms with van der Waals surface area (Å²) in [6.45, 7) is -0.885. The molecule has 6 rings (SSSR count). The molecule has 0 saturated carbocycles. The van der Waals surface area contributed by atoms with Crippen molar-refractivity contribution >= 4 is 23.1 Å². The van der Waals surface area contributed by atoms with E-state index in [4.69, 9.17) is 5.73 Å². The average molecular weight is 568 g/mol. The number of aromatic nitrogens is 3. The van der Waals surface area contributed by atoms with Crippen LogP contribution < -0.4 is 11.1 Å². The van der Waals surface area contributed by atoms with Gasteiger partial charge in [-0.3, -0.25) is 14.5 Å². The van der Waals surface area contributed by atoms with E-state index in [2.05, 4.69) is 15.4 Å². The third kappa shape index (κ3) is 5.08. The molecule has 4 aromatic rings. The molecule has 2 amide bonds. The van der Waals surface area contributed by atoms with Gasteiger partial charge in [0.2, 0.25) is 0 Å². The fraction of sp³-hybridized carbons (Fsp3) is 0.286. The fourth-order valence-electron chi connectivity index (χ4n) is 5.37. The monoisotopic (exact) mass is 567 g/mol. The number of benzene rings is 2. The van der Waals surface area contributed by atoms with E-state index in [0.717, 1.165) is 6.07 Å². The Labute approximate surface area is 231 Å². The standard InChI is InChI=1S/C28H25F4N7O2/c29-20-7-2-1-6-19(20)27(41)38-11-21(30)22(12-38)36-26(40)17-5-3-4-16(8-17)23-9-18(10-37-13-28(31,32)14-37)24-25(33)34-15-35-39(23)24/h1-9,15,21-22H,10-14H2,(H,36,40)(H2,33,34,35)/t21-,22+/m0/s1. The van der Waals surface area contributed by atoms with E-state index in [1.165, 1.54) is 29.4 Å². The molecule has 2 saturated heterocycles. The van der Waals surface area contributed by atoms with Crippen LogP contribution in [0.1, 0.15) is 26.3 Å². The molecule has 13 heteroatoms. The van der Waals surface area contributed by atoms with Crippen molar-refractivity contribution in [2.24, 2.45) is 0 Å². The zero-order valence-corrected chi connectivity index (χ0v) is 21.6. The molecule has 0 bridgehead atoms. The van der Waals surface area contributed by atoms with Crippen LogP contribution in [0.5, 0.6) is 0 Å². The first kappa shape index (κ1) is 26.7. The highest BCUT2D eigenvalue weighted by atomic mass is 19.3. The van der Waals surface area contributed by atoms with Gasteiger partial charge in [-0.25, -0.2) is 27.1 Å². The summed E-state index contributed by atoms with van der Waals surface area (Å²) >= 11 is 0. The highest BCUT2D eigenvalue weighted by Gasteiger charge is 2.44. The van der Waals surface area contributed by atoms with E-state index >= 15 is 0 Å². The fourth-order valence-corrected chi connectivity index (χ4v) is 5.37. The number of anilines is 1. The predicted molar refractivity (Wildman–Crippen MR) is 142 cm³/mol. The molecule has 0 unspecified atom stereocenters. The number of nitrogens with one attached hydrogen (secondary N) is 1. The molecular formula is C28H25F4N7O2. The number of carbonyl (C=O) groups excluding carboxylic acids is 2. The highest BCUT2D eigenvalue weighted by Crippen LogP contribution is 2.33. The van der Waals surface area contributed by atoms with Gasteiger partial charge in [-0.15, -0.1) is 0 Å². The molecule has 4 heterocycles. The number of fused-ring (bicyclic) bond motifs is 1. The van der Waals surface area contributed by atoms with Crippen molar-refractivity contribution in [3.63, 3.8) is 0 Å². The van der Waals surface area contributed by atoms with Crippen molar-refractivity contribution in [2.75, 3.05) is 31.9 Å². The van der Waals surface area contributed by atoms with Gasteiger partial charge in [0.15, 0.2) is 5.82 Å². The number of nitrogen functional groups attached to an aromatic ring is 1. The number of hydrogen-bond acceptors (Lipinski definition) is 6. The topological polar surface area (TPSA) is 109 Å². The third-order valence-corrected chi connectivity index (χ3v) is 7.34. The lowest BCUT2D eigenvalue weighted by Gasteiger charge is -2.38. The normalized spacial score (nSPS) is 20.2. The largest absolute Gasteiger partial charge is 0.382 e. The zero-order valence-electron chi connectivity index (χ0n) is 21.6. The maximum atomic E-state index is 14.9. The Morgan fingerprint density at radius 3 is 2.61 bits per heavy atom. The summed E-state index contributed by atoms with van der Waals surface area (Å²) in [6.07, 6.45) is -0.261. The summed E-state index contributed by atoms with van der Waals surface area (Å²) in [5, 5.41) is 6.93. The molecule has 2 aliphatic heterocycles. The molecule has 212 valence electrons. The molecule has 2 atom stereocenters. The van der Waals surface area contributed by atoms with Gasteiger partial charge in [-0.05, 0) is 35.9 Å². The minimum atomic E-state index is -2.72. The van der Waals surface area contributed by atoms with Gasteiger partial charge < -0.3 is 16.0 Å². The number of alkyl halides is 3. The highest BCUT2D eigenvalue weighted by molar-refractivity contribution is 5.97. The number of nitrogens with two attached hydrogens (primary N) is 1. The number of likely N-dealkylation sites (tertiary alicyclic amines) is 2. The lowest BCUT2D eigenvalue weighted by atomic mass is 10.1. The summed E-state index contributed by atoms with van der Waals surface area (Å²) in [6, 6.07) is 12.8. The van der Waals surface area contributed by atoms with E-state index in [9.17, 15) is 27.2 Å². The number of nitrogens with zero attached hydrogens (tertiary/aromatic N) is 5. The summed E-state index contributed by atoms with van der Waals surface area (Å²) in [5.41, 5.74) is 8.48. The summed E-state index contributed by atoms with van der Waals surface area (Å²) in [5.74, 6) is -4.44. The van der Waals surface area contributed by atoms with Crippen molar-refractivity contribution in [3.05, 3.63) is 83.4 Å². The van der Waals surface area contributed by atoms with Gasteiger partial charge >= 0.3 is 0 Å². The van der Waals surface area contributed by atoms with E-state index in [-0.39, 0.29) is 49.7 Å². The number of hydrogen-bond donors (Lipinski definition) is 2. The minimum Gasteiger partial charge on any atom is -0.382 e. The first-order chi connectivity index (χ1) is 19.6. The molecule has 2 aliphatic rings. The number of carbonyl (C=O) groups is 2. The van der Waals surface area contributed by atoms with Crippen molar-refractivity contribution in [1.82, 2.24) is 29.7 Å². The molecule has 3 N–H and O–H groups in total. The van der Waals surface area contributed by atoms with E-state index in [1.807, 2.05) is 0 Å². The minimum absolute atomic E-state index is 0.113. The van der Waals surface area contributed by atoms with Gasteiger partial charge in [0.1, 0.15) is 23.8 Å². The molecular weight excluding hydrogens is 542 g/mol. The van der Waals surface area contributed by atoms with Gasteiger partial charge in [0.05, 0.1) is 36.9 Å². The number of amides is 2. The van der Waals surface area contributed by atoms with Crippen LogP contribution >= 0.6 is 0 Å². The summed E-state index contributed by atoms with van der Waals surface area (Å²) in [7, 11) is 0. The Balaban J connectivity index is 1.21. The van der Waals surface area contributed by atoms with Crippen LogP contribution in [-0.2, 0) is 6.54 Å². The Bertz CT molecular complexity index is 1650. The maximum Gasteiger partial charge on any atom is 0.272 e. The predicted octanol–water partition coefficient (Wildman–Crippen LogP) is 3.16. The zero-order chi connectivity index (χ0) is 28.9. The lowest BCUT2D eigenvalue weighted by Crippen LogP contribution is -2.55. The van der Waals surface area contributed by atoms with Crippen LogP contribution in [0.2, 0.25) is 0 Å². The Hall–Kier alpha value is -4.52. The maximum absolute atomic E-state index is 14.9. The smallest absolute Gasteiger partial charge is 0.272 e. The molecule has 2 fully saturated rings. The van der Waals surface area contributed by atoms with Crippen LogP contribution in [-0.4, -0.2) is 80.5 Å². The second kappa shape index (κ2) is 10.1. The molecule has 2 aromatic carbocycles. The molecule has 41 heavy (non-hydrogen) atoms. The second-order valence-electron chi connectivity index (χ2n) is 10.3. The van der Waals surface area contributed by atoms with Gasteiger partial charge in [0.25, 0.3) is 17.7 Å². The number of halogens is 4. The van der Waals surface area contributed by atoms with E-state index in [1.54, 1.807) is 39.7 Å². The van der Waals surface area contributed by atoms with Crippen LogP contribution in [0.3, 0.4) is 0 Å². The first-order valence-corrected chi connectivity index (χ1v) is 12.9. The SMILES string of the molecule is Nc1ncnn2c(-c3cccc(C(=O)N[C@@H]4CN(C(=O)c5ccccc5F)C[C@@H]4F)c3)cc(CN3CC(F)(F)C3)c12. The van der Waals surface area contributed by atoms with E-state index < -0.39 is 35.8 Å². The van der Waals surface area contributed by atoms with Gasteiger partial charge in [-0.2, -0.15) is 5.10 Å². The average Bonchev–Trinajstić information content (AvgIpc) is 3.48. The van der Waals surface area contributed by atoms with E-state index in [0.29, 0.717) is 22.3 Å². The Morgan fingerprint density at radius 1 is 1.07 bits per heavy atom. The van der Waals surface area contributed by atoms with Crippen molar-refractivity contribution in [3.8, 4) is 11.3 Å². The quantitative estimate of drug-likeness (QED) is 0.347. The van der Waals surface area contributed by atoms with Crippen LogP contribution in [0.15, 0.2) is 60.9 Å². The molecule has 2 aromatic heterocycles. The van der Waals surface area contributed by atoms with Crippen LogP contribution in [0.25, 0.3) is 16.8 Å². The molecule has 0 radical (unpaired) electrons. The Kier molecular flexibility index (Phi) is 6.60. The van der Waals surface area contributed by atoms with Crippen LogP contribution in [0.4, 0.5) is 23.4 Å². The summed E-state index contributed by atoms with van der Waals surface area (Å²) < 4.78 is 57.3. The van der Waals surface area contributed by atoms with Gasteiger partial charge in [-0.1, -0.05) is 24.3 Å². The second-order valence-corrected chi connectivity index (χ2v) is 10.3. The van der Waals surface area contributed by atoms with Crippen molar-refractivity contribution in [1.29, 1.82) is 0 Å². The van der Waals surface area contributed by atoms with Gasteiger partial charge in [0, 0.05) is 24.2 Å². The number of rotatable bonds is 6. The van der Waals surface area contributed by atoms with Crippen LogP contribution in [0, 0.1) is 5.82 Å².